The van der Waals surface area contributed by atoms with Gasteiger partial charge >= 0.3 is 5.97 Å². The van der Waals surface area contributed by atoms with E-state index in [1.165, 1.54) is 7.11 Å². The third-order valence-corrected chi connectivity index (χ3v) is 3.31. The Labute approximate surface area is 113 Å². The summed E-state index contributed by atoms with van der Waals surface area (Å²) >= 11 is 3.31. The minimum atomic E-state index is -0.549. The maximum Gasteiger partial charge on any atom is 0.328 e. The van der Waals surface area contributed by atoms with Crippen molar-refractivity contribution in [3.05, 3.63) is 28.2 Å². The monoisotopic (exact) mass is 313 g/mol. The molecule has 0 radical (unpaired) electrons. The number of ether oxygens (including phenoxy) is 2. The van der Waals surface area contributed by atoms with Crippen LogP contribution in [0.3, 0.4) is 0 Å². The number of hydrogen-bond donors (Lipinski definition) is 1. The Kier molecular flexibility index (Phi) is 3.86. The fraction of sp³-hybridized carbons (Fsp3) is 0.333. The number of benzene rings is 1. The van der Waals surface area contributed by atoms with Gasteiger partial charge in [-0.2, -0.15) is 0 Å². The Balaban J connectivity index is 2.11. The molecule has 2 rings (SSSR count). The van der Waals surface area contributed by atoms with Gasteiger partial charge in [-0.15, -0.1) is 0 Å². The second-order valence-corrected chi connectivity index (χ2v) is 4.69. The van der Waals surface area contributed by atoms with Crippen LogP contribution in [0.2, 0.25) is 0 Å². The quantitative estimate of drug-likeness (QED) is 0.859. The topological polar surface area (TPSA) is 64.6 Å². The van der Waals surface area contributed by atoms with E-state index in [9.17, 15) is 9.59 Å². The molecule has 1 aliphatic heterocycles. The van der Waals surface area contributed by atoms with E-state index in [1.807, 2.05) is 0 Å². The van der Waals surface area contributed by atoms with Crippen LogP contribution in [0.4, 0.5) is 0 Å². The number of hydrogen-bond acceptors (Lipinski definition) is 4. The molecular weight excluding hydrogens is 302 g/mol. The molecule has 0 saturated carbocycles. The molecule has 0 bridgehead atoms. The van der Waals surface area contributed by atoms with Crippen LogP contribution in [0.25, 0.3) is 0 Å². The van der Waals surface area contributed by atoms with Crippen molar-refractivity contribution in [3.63, 3.8) is 0 Å². The second-order valence-electron chi connectivity index (χ2n) is 3.83. The summed E-state index contributed by atoms with van der Waals surface area (Å²) < 4.78 is 10.7. The Morgan fingerprint density at radius 1 is 1.56 bits per heavy atom. The number of esters is 1. The van der Waals surface area contributed by atoms with Gasteiger partial charge in [0.1, 0.15) is 11.8 Å². The molecule has 1 saturated heterocycles. The van der Waals surface area contributed by atoms with E-state index in [2.05, 4.69) is 21.2 Å². The van der Waals surface area contributed by atoms with Crippen LogP contribution in [-0.4, -0.2) is 31.6 Å². The standard InChI is InChI=1S/C12H12BrNO4/c1-17-10-6-7(2-3-8(10)13)11(15)14-9-4-5-18-12(9)16/h2-3,6,9H,4-5H2,1H3,(H,14,15). The van der Waals surface area contributed by atoms with Crippen LogP contribution < -0.4 is 10.1 Å². The zero-order chi connectivity index (χ0) is 13.1. The highest BCUT2D eigenvalue weighted by molar-refractivity contribution is 9.10. The SMILES string of the molecule is COc1cc(C(=O)NC2CCOC2=O)ccc1Br. The van der Waals surface area contributed by atoms with Crippen LogP contribution in [0.15, 0.2) is 22.7 Å². The van der Waals surface area contributed by atoms with Crippen molar-refractivity contribution in [1.29, 1.82) is 0 Å². The number of carbonyl (C=O) groups is 2. The van der Waals surface area contributed by atoms with Crippen molar-refractivity contribution >= 4 is 27.8 Å². The van der Waals surface area contributed by atoms with Gasteiger partial charge in [-0.3, -0.25) is 4.79 Å². The third kappa shape index (κ3) is 2.64. The summed E-state index contributed by atoms with van der Waals surface area (Å²) in [6, 6.07) is 4.44. The molecular formula is C12H12BrNO4. The van der Waals surface area contributed by atoms with Gasteiger partial charge in [-0.05, 0) is 34.1 Å². The van der Waals surface area contributed by atoms with Gasteiger partial charge in [-0.1, -0.05) is 0 Å². The molecule has 1 fully saturated rings. The van der Waals surface area contributed by atoms with Crippen LogP contribution in [0.5, 0.6) is 5.75 Å². The second kappa shape index (κ2) is 5.39. The molecule has 1 unspecified atom stereocenters. The molecule has 1 heterocycles. The molecule has 1 aromatic carbocycles. The Hall–Kier alpha value is -1.56. The predicted molar refractivity (Wildman–Crippen MR) is 67.5 cm³/mol. The normalized spacial score (nSPS) is 18.3. The van der Waals surface area contributed by atoms with Gasteiger partial charge in [0.25, 0.3) is 5.91 Å². The molecule has 1 amide bonds. The van der Waals surface area contributed by atoms with E-state index in [0.717, 1.165) is 4.47 Å². The Bertz CT molecular complexity index is 489. The van der Waals surface area contributed by atoms with Gasteiger partial charge in [0, 0.05) is 12.0 Å². The number of rotatable bonds is 3. The predicted octanol–water partition coefficient (Wildman–Crippen LogP) is 1.50. The molecule has 96 valence electrons. The van der Waals surface area contributed by atoms with Crippen molar-refractivity contribution in [1.82, 2.24) is 5.32 Å². The number of carbonyl (C=O) groups excluding carboxylic acids is 2. The molecule has 1 aromatic rings. The van der Waals surface area contributed by atoms with Gasteiger partial charge < -0.3 is 14.8 Å². The molecule has 6 heteroatoms. The van der Waals surface area contributed by atoms with Gasteiger partial charge in [0.05, 0.1) is 18.2 Å². The Morgan fingerprint density at radius 3 is 2.94 bits per heavy atom. The lowest BCUT2D eigenvalue weighted by Gasteiger charge is -2.10. The molecule has 0 aromatic heterocycles. The van der Waals surface area contributed by atoms with E-state index < -0.39 is 6.04 Å². The highest BCUT2D eigenvalue weighted by Gasteiger charge is 2.28. The fourth-order valence-electron chi connectivity index (χ4n) is 1.67. The molecule has 18 heavy (non-hydrogen) atoms. The highest BCUT2D eigenvalue weighted by atomic mass is 79.9. The molecule has 0 aliphatic carbocycles. The maximum atomic E-state index is 11.9. The first-order chi connectivity index (χ1) is 8.61. The van der Waals surface area contributed by atoms with E-state index in [0.29, 0.717) is 24.3 Å². The molecule has 5 nitrogen and oxygen atoms in total. The molecule has 0 spiro atoms. The minimum Gasteiger partial charge on any atom is -0.496 e. The van der Waals surface area contributed by atoms with Gasteiger partial charge in [0.2, 0.25) is 0 Å². The molecule has 1 N–H and O–H groups in total. The number of amides is 1. The lowest BCUT2D eigenvalue weighted by molar-refractivity contribution is -0.139. The summed E-state index contributed by atoms with van der Waals surface area (Å²) in [6.45, 7) is 0.355. The maximum absolute atomic E-state index is 11.9. The van der Waals surface area contributed by atoms with Crippen LogP contribution in [0, 0.1) is 0 Å². The van der Waals surface area contributed by atoms with Crippen molar-refractivity contribution in [2.24, 2.45) is 0 Å². The highest BCUT2D eigenvalue weighted by Crippen LogP contribution is 2.25. The summed E-state index contributed by atoms with van der Waals surface area (Å²) in [6.07, 6.45) is 0.512. The average molecular weight is 314 g/mol. The minimum absolute atomic E-state index is 0.315. The summed E-state index contributed by atoms with van der Waals surface area (Å²) in [5.74, 6) is -0.131. The van der Waals surface area contributed by atoms with Crippen molar-refractivity contribution < 1.29 is 19.1 Å². The fourth-order valence-corrected chi connectivity index (χ4v) is 2.08. The Morgan fingerprint density at radius 2 is 2.33 bits per heavy atom. The smallest absolute Gasteiger partial charge is 0.328 e. The van der Waals surface area contributed by atoms with E-state index in [-0.39, 0.29) is 11.9 Å². The van der Waals surface area contributed by atoms with Crippen molar-refractivity contribution in [2.75, 3.05) is 13.7 Å². The first-order valence-electron chi connectivity index (χ1n) is 5.43. The largest absolute Gasteiger partial charge is 0.496 e. The average Bonchev–Trinajstić information content (AvgIpc) is 2.75. The zero-order valence-electron chi connectivity index (χ0n) is 9.73. The van der Waals surface area contributed by atoms with E-state index >= 15 is 0 Å². The van der Waals surface area contributed by atoms with Crippen LogP contribution in [0.1, 0.15) is 16.8 Å². The summed E-state index contributed by atoms with van der Waals surface area (Å²) in [4.78, 5) is 23.2. The molecule has 1 aliphatic rings. The zero-order valence-corrected chi connectivity index (χ0v) is 11.3. The van der Waals surface area contributed by atoms with Gasteiger partial charge in [0.15, 0.2) is 0 Å². The molecule has 1 atom stereocenters. The van der Waals surface area contributed by atoms with E-state index in [1.54, 1.807) is 18.2 Å². The summed E-state index contributed by atoms with van der Waals surface area (Å²) in [5.41, 5.74) is 0.440. The first-order valence-corrected chi connectivity index (χ1v) is 6.22. The lowest BCUT2D eigenvalue weighted by Crippen LogP contribution is -2.37. The van der Waals surface area contributed by atoms with Crippen molar-refractivity contribution in [2.45, 2.75) is 12.5 Å². The number of cyclic esters (lactones) is 1. The van der Waals surface area contributed by atoms with Crippen LogP contribution >= 0.6 is 15.9 Å². The number of halogens is 1. The van der Waals surface area contributed by atoms with Crippen molar-refractivity contribution in [3.8, 4) is 5.75 Å². The lowest BCUT2D eigenvalue weighted by atomic mass is 10.1. The number of methoxy groups -OCH3 is 1. The summed E-state index contributed by atoms with van der Waals surface area (Å²) in [7, 11) is 1.52. The number of nitrogens with one attached hydrogen (secondary N) is 1. The summed E-state index contributed by atoms with van der Waals surface area (Å²) in [5, 5.41) is 2.63. The van der Waals surface area contributed by atoms with Gasteiger partial charge in [-0.25, -0.2) is 4.79 Å². The third-order valence-electron chi connectivity index (χ3n) is 2.65. The first kappa shape index (κ1) is 12.9. The van der Waals surface area contributed by atoms with Crippen LogP contribution in [-0.2, 0) is 9.53 Å². The van der Waals surface area contributed by atoms with E-state index in [4.69, 9.17) is 9.47 Å².